The zero-order valence-electron chi connectivity index (χ0n) is 10.2. The number of piperidine rings is 1. The average Bonchev–Trinajstić information content (AvgIpc) is 2.70. The van der Waals surface area contributed by atoms with Gasteiger partial charge in [0.25, 0.3) is 5.91 Å². The largest absolute Gasteiger partial charge is 0.365 e. The summed E-state index contributed by atoms with van der Waals surface area (Å²) in [5, 5.41) is 6.51. The zero-order valence-corrected chi connectivity index (χ0v) is 10.2. The van der Waals surface area contributed by atoms with E-state index in [-0.39, 0.29) is 11.9 Å². The average molecular weight is 226 g/mol. The summed E-state index contributed by atoms with van der Waals surface area (Å²) < 4.78 is 5.55. The first-order valence-electron chi connectivity index (χ1n) is 6.30. The van der Waals surface area contributed by atoms with Crippen LogP contribution in [0.2, 0.25) is 0 Å². The van der Waals surface area contributed by atoms with Crippen molar-refractivity contribution < 1.29 is 9.53 Å². The van der Waals surface area contributed by atoms with Crippen molar-refractivity contribution in [2.75, 3.05) is 13.2 Å². The highest BCUT2D eigenvalue weighted by molar-refractivity contribution is 5.85. The molecule has 2 heterocycles. The van der Waals surface area contributed by atoms with Crippen LogP contribution >= 0.6 is 0 Å². The van der Waals surface area contributed by atoms with E-state index in [2.05, 4.69) is 17.6 Å². The molecule has 2 aliphatic heterocycles. The lowest BCUT2D eigenvalue weighted by Gasteiger charge is -2.33. The SMILES string of the molecule is CC1NCCCC1NC(=O)C1(C)CCCO1. The fourth-order valence-electron chi connectivity index (χ4n) is 2.52. The van der Waals surface area contributed by atoms with E-state index in [4.69, 9.17) is 4.74 Å². The topological polar surface area (TPSA) is 50.4 Å². The molecule has 0 spiro atoms. The van der Waals surface area contributed by atoms with Gasteiger partial charge in [0.05, 0.1) is 0 Å². The van der Waals surface area contributed by atoms with Crippen LogP contribution in [0.4, 0.5) is 0 Å². The molecule has 92 valence electrons. The molecular formula is C12H22N2O2. The van der Waals surface area contributed by atoms with E-state index in [0.29, 0.717) is 12.6 Å². The van der Waals surface area contributed by atoms with Crippen molar-refractivity contribution in [1.82, 2.24) is 10.6 Å². The number of hydrogen-bond acceptors (Lipinski definition) is 3. The molecule has 3 unspecified atom stereocenters. The quantitative estimate of drug-likeness (QED) is 0.732. The van der Waals surface area contributed by atoms with Gasteiger partial charge in [0.2, 0.25) is 0 Å². The van der Waals surface area contributed by atoms with Gasteiger partial charge >= 0.3 is 0 Å². The van der Waals surface area contributed by atoms with E-state index in [9.17, 15) is 4.79 Å². The van der Waals surface area contributed by atoms with Crippen molar-refractivity contribution in [3.63, 3.8) is 0 Å². The van der Waals surface area contributed by atoms with E-state index < -0.39 is 5.60 Å². The van der Waals surface area contributed by atoms with Gasteiger partial charge in [-0.15, -0.1) is 0 Å². The van der Waals surface area contributed by atoms with Crippen molar-refractivity contribution in [3.8, 4) is 0 Å². The minimum Gasteiger partial charge on any atom is -0.365 e. The first kappa shape index (κ1) is 11.9. The molecule has 0 radical (unpaired) electrons. The molecule has 2 rings (SSSR count). The van der Waals surface area contributed by atoms with E-state index >= 15 is 0 Å². The maximum absolute atomic E-state index is 12.1. The predicted octanol–water partition coefficient (Wildman–Crippen LogP) is 0.812. The van der Waals surface area contributed by atoms with Gasteiger partial charge in [-0.2, -0.15) is 0 Å². The summed E-state index contributed by atoms with van der Waals surface area (Å²) in [5.41, 5.74) is -0.586. The van der Waals surface area contributed by atoms with Crippen LogP contribution in [0, 0.1) is 0 Å². The molecule has 4 heteroatoms. The Hall–Kier alpha value is -0.610. The van der Waals surface area contributed by atoms with E-state index in [1.165, 1.54) is 0 Å². The third kappa shape index (κ3) is 2.38. The van der Waals surface area contributed by atoms with Crippen molar-refractivity contribution in [2.45, 2.75) is 57.2 Å². The predicted molar refractivity (Wildman–Crippen MR) is 62.2 cm³/mol. The number of ether oxygens (including phenoxy) is 1. The molecule has 2 N–H and O–H groups in total. The Labute approximate surface area is 97.1 Å². The highest BCUT2D eigenvalue weighted by Crippen LogP contribution is 2.25. The molecule has 0 aromatic rings. The number of hydrogen-bond donors (Lipinski definition) is 2. The summed E-state index contributed by atoms with van der Waals surface area (Å²) in [5.74, 6) is 0.0607. The molecule has 0 aromatic heterocycles. The minimum atomic E-state index is -0.586. The fourth-order valence-corrected chi connectivity index (χ4v) is 2.52. The summed E-state index contributed by atoms with van der Waals surface area (Å²) in [6.07, 6.45) is 4.03. The molecule has 1 amide bonds. The van der Waals surface area contributed by atoms with Crippen molar-refractivity contribution in [2.24, 2.45) is 0 Å². The van der Waals surface area contributed by atoms with Gasteiger partial charge in [-0.25, -0.2) is 0 Å². The summed E-state index contributed by atoms with van der Waals surface area (Å²) >= 11 is 0. The molecule has 3 atom stereocenters. The van der Waals surface area contributed by atoms with Crippen molar-refractivity contribution >= 4 is 5.91 Å². The summed E-state index contributed by atoms with van der Waals surface area (Å²) in [6.45, 7) is 5.79. The summed E-state index contributed by atoms with van der Waals surface area (Å²) in [7, 11) is 0. The van der Waals surface area contributed by atoms with Gasteiger partial charge in [-0.3, -0.25) is 4.79 Å². The molecule has 2 aliphatic rings. The van der Waals surface area contributed by atoms with Gasteiger partial charge in [0.1, 0.15) is 5.60 Å². The number of carbonyl (C=O) groups is 1. The number of amides is 1. The maximum Gasteiger partial charge on any atom is 0.252 e. The van der Waals surface area contributed by atoms with Crippen LogP contribution in [0.3, 0.4) is 0 Å². The standard InChI is InChI=1S/C12H22N2O2/c1-9-10(5-3-7-13-9)14-11(15)12(2)6-4-8-16-12/h9-10,13H,3-8H2,1-2H3,(H,14,15). The maximum atomic E-state index is 12.1. The molecule has 2 fully saturated rings. The Morgan fingerprint density at radius 3 is 2.94 bits per heavy atom. The highest BCUT2D eigenvalue weighted by Gasteiger charge is 2.39. The monoisotopic (exact) mass is 226 g/mol. The van der Waals surface area contributed by atoms with Crippen LogP contribution in [0.1, 0.15) is 39.5 Å². The van der Waals surface area contributed by atoms with Gasteiger partial charge < -0.3 is 15.4 Å². The van der Waals surface area contributed by atoms with Gasteiger partial charge in [-0.05, 0) is 46.1 Å². The zero-order chi connectivity index (χ0) is 11.6. The Morgan fingerprint density at radius 1 is 1.50 bits per heavy atom. The Bertz CT molecular complexity index is 262. The number of rotatable bonds is 2. The Balaban J connectivity index is 1.90. The Morgan fingerprint density at radius 2 is 2.31 bits per heavy atom. The van der Waals surface area contributed by atoms with Gasteiger partial charge in [0.15, 0.2) is 0 Å². The molecule has 0 saturated carbocycles. The van der Waals surface area contributed by atoms with E-state index in [1.807, 2.05) is 6.92 Å². The van der Waals surface area contributed by atoms with Crippen molar-refractivity contribution in [3.05, 3.63) is 0 Å². The van der Waals surface area contributed by atoms with Crippen molar-refractivity contribution in [1.29, 1.82) is 0 Å². The smallest absolute Gasteiger partial charge is 0.252 e. The number of nitrogens with one attached hydrogen (secondary N) is 2. The van der Waals surface area contributed by atoms with E-state index in [1.54, 1.807) is 0 Å². The third-order valence-corrected chi connectivity index (χ3v) is 3.78. The summed E-state index contributed by atoms with van der Waals surface area (Å²) in [6, 6.07) is 0.616. The lowest BCUT2D eigenvalue weighted by atomic mass is 9.96. The van der Waals surface area contributed by atoms with Crippen LogP contribution < -0.4 is 10.6 Å². The number of carbonyl (C=O) groups excluding carboxylic acids is 1. The molecule has 4 nitrogen and oxygen atoms in total. The highest BCUT2D eigenvalue weighted by atomic mass is 16.5. The summed E-state index contributed by atoms with van der Waals surface area (Å²) in [4.78, 5) is 12.1. The van der Waals surface area contributed by atoms with Crippen LogP contribution in [0.25, 0.3) is 0 Å². The molecular weight excluding hydrogens is 204 g/mol. The second-order valence-corrected chi connectivity index (χ2v) is 5.15. The lowest BCUT2D eigenvalue weighted by molar-refractivity contribution is -0.140. The van der Waals surface area contributed by atoms with Gasteiger partial charge in [-0.1, -0.05) is 0 Å². The lowest BCUT2D eigenvalue weighted by Crippen LogP contribution is -2.56. The Kier molecular flexibility index (Phi) is 3.50. The van der Waals surface area contributed by atoms with Crippen LogP contribution in [0.5, 0.6) is 0 Å². The second-order valence-electron chi connectivity index (χ2n) is 5.15. The van der Waals surface area contributed by atoms with Crippen LogP contribution in [-0.2, 0) is 9.53 Å². The molecule has 2 saturated heterocycles. The first-order valence-corrected chi connectivity index (χ1v) is 6.30. The fraction of sp³-hybridized carbons (Fsp3) is 0.917. The van der Waals surface area contributed by atoms with E-state index in [0.717, 1.165) is 32.2 Å². The molecule has 0 aromatic carbocycles. The third-order valence-electron chi connectivity index (χ3n) is 3.78. The second kappa shape index (κ2) is 4.72. The first-order chi connectivity index (χ1) is 7.62. The molecule has 0 bridgehead atoms. The molecule has 16 heavy (non-hydrogen) atoms. The normalized spacial score (nSPS) is 39.6. The van der Waals surface area contributed by atoms with Crippen LogP contribution in [-0.4, -0.2) is 36.7 Å². The minimum absolute atomic E-state index is 0.0607. The van der Waals surface area contributed by atoms with Crippen LogP contribution in [0.15, 0.2) is 0 Å². The molecule has 0 aliphatic carbocycles. The van der Waals surface area contributed by atoms with Gasteiger partial charge in [0, 0.05) is 18.7 Å².